The van der Waals surface area contributed by atoms with Crippen molar-refractivity contribution >= 4 is 29.2 Å². The Balaban J connectivity index is 2.58. The molecule has 0 bridgehead atoms. The van der Waals surface area contributed by atoms with Crippen LogP contribution in [0.25, 0.3) is 0 Å². The Bertz CT molecular complexity index is 196. The minimum atomic E-state index is 0.0661. The smallest absolute Gasteiger partial charge is 0.362 e. The zero-order valence-electron chi connectivity index (χ0n) is 4.11. The van der Waals surface area contributed by atoms with Crippen molar-refractivity contribution in [2.75, 3.05) is 0 Å². The molecule has 0 unspecified atom stereocenters. The predicted molar refractivity (Wildman–Crippen MR) is 36.4 cm³/mol. The number of H-pyrrole nitrogens is 1. The second-order valence-electron chi connectivity index (χ2n) is 1.06. The van der Waals surface area contributed by atoms with E-state index < -0.39 is 0 Å². The van der Waals surface area contributed by atoms with E-state index in [-0.39, 0.29) is 10.4 Å². The summed E-state index contributed by atoms with van der Waals surface area (Å²) in [6.45, 7) is 0. The second-order valence-corrected chi connectivity index (χ2v) is 2.14. The average Bonchev–Trinajstić information content (AvgIpc) is 2.15. The average molecular weight is 162 g/mol. The molecule has 0 saturated carbocycles. The summed E-state index contributed by atoms with van der Waals surface area (Å²) >= 11 is 8.14. The van der Waals surface area contributed by atoms with Crippen LogP contribution in [-0.4, -0.2) is 25.0 Å². The van der Waals surface area contributed by atoms with Gasteiger partial charge in [0, 0.05) is 0 Å². The van der Waals surface area contributed by atoms with Gasteiger partial charge >= 0.3 is 6.01 Å². The van der Waals surface area contributed by atoms with E-state index in [1.807, 2.05) is 0 Å². The van der Waals surface area contributed by atoms with E-state index in [2.05, 4.69) is 50.2 Å². The summed E-state index contributed by atoms with van der Waals surface area (Å²) in [5.41, 5.74) is 0. The predicted octanol–water partition coefficient (Wildman–Crippen LogP) is -0.207. The molecule has 1 aromatic rings. The number of aromatic amines is 1. The first-order valence-electron chi connectivity index (χ1n) is 1.93. The lowest BCUT2D eigenvalue weighted by atomic mass is 11.2. The maximum atomic E-state index is 4.63. The van der Waals surface area contributed by atoms with Crippen molar-refractivity contribution in [2.45, 2.75) is 0 Å². The molecular formula is C2H2N4OS2. The molecule has 0 spiro atoms. The number of nitrogens with one attached hydrogen (secondary N) is 1. The summed E-state index contributed by atoms with van der Waals surface area (Å²) in [6.07, 6.45) is 0. The van der Waals surface area contributed by atoms with Gasteiger partial charge < -0.3 is 4.74 Å². The van der Waals surface area contributed by atoms with Crippen LogP contribution in [0.2, 0.25) is 0 Å². The first-order valence-corrected chi connectivity index (χ1v) is 2.79. The number of tetrazole rings is 1. The van der Waals surface area contributed by atoms with Gasteiger partial charge in [0.15, 0.2) is 0 Å². The Kier molecular flexibility index (Phi) is 1.96. The molecule has 7 heteroatoms. The molecule has 1 heterocycles. The highest BCUT2D eigenvalue weighted by Crippen LogP contribution is 1.96. The summed E-state index contributed by atoms with van der Waals surface area (Å²) in [5, 5.41) is 12.3. The van der Waals surface area contributed by atoms with E-state index in [9.17, 15) is 0 Å². The molecule has 0 radical (unpaired) electrons. The van der Waals surface area contributed by atoms with Crippen molar-refractivity contribution in [3.05, 3.63) is 0 Å². The number of hydrogen-bond acceptors (Lipinski definition) is 5. The maximum absolute atomic E-state index is 4.63. The van der Waals surface area contributed by atoms with Crippen LogP contribution in [-0.2, 0) is 0 Å². The first-order chi connectivity index (χ1) is 4.29. The summed E-state index contributed by atoms with van der Waals surface area (Å²) in [6, 6.07) is 0.0787. The number of hydrogen-bond donors (Lipinski definition) is 2. The van der Waals surface area contributed by atoms with E-state index in [1.54, 1.807) is 0 Å². The standard InChI is InChI=1S/C2H2N4OS2/c8-2(9)7-1-3-5-6-4-1/h(H,8,9)(H,3,4,5,6). The fraction of sp³-hybridized carbons (Fsp3) is 0. The molecule has 9 heavy (non-hydrogen) atoms. The highest BCUT2D eigenvalue weighted by molar-refractivity contribution is 8.10. The van der Waals surface area contributed by atoms with Crippen molar-refractivity contribution in [1.82, 2.24) is 20.6 Å². The minimum absolute atomic E-state index is 0.0661. The van der Waals surface area contributed by atoms with Crippen molar-refractivity contribution < 1.29 is 4.74 Å². The zero-order chi connectivity index (χ0) is 6.69. The largest absolute Gasteiger partial charge is 0.404 e. The van der Waals surface area contributed by atoms with Gasteiger partial charge in [0.25, 0.3) is 0 Å². The topological polar surface area (TPSA) is 63.7 Å². The normalized spacial score (nSPS) is 9.00. The molecule has 48 valence electrons. The first kappa shape index (κ1) is 6.43. The van der Waals surface area contributed by atoms with E-state index in [4.69, 9.17) is 0 Å². The number of nitrogens with zero attached hydrogens (tertiary/aromatic N) is 3. The van der Waals surface area contributed by atoms with E-state index in [0.717, 1.165) is 0 Å². The zero-order valence-corrected chi connectivity index (χ0v) is 5.82. The van der Waals surface area contributed by atoms with Gasteiger partial charge in [-0.3, -0.25) is 0 Å². The highest BCUT2D eigenvalue weighted by atomic mass is 32.1. The molecule has 0 saturated heterocycles. The van der Waals surface area contributed by atoms with Crippen LogP contribution in [0.15, 0.2) is 0 Å². The van der Waals surface area contributed by atoms with Gasteiger partial charge in [-0.05, 0) is 17.4 Å². The molecule has 0 atom stereocenters. The molecule has 0 fully saturated rings. The SMILES string of the molecule is S=C(S)Oc1nn[nH]n1. The van der Waals surface area contributed by atoms with Crippen LogP contribution in [0, 0.1) is 0 Å². The molecular weight excluding hydrogens is 160 g/mol. The number of thiol groups is 1. The molecule has 0 amide bonds. The van der Waals surface area contributed by atoms with Gasteiger partial charge in [-0.1, -0.05) is 22.8 Å². The molecule has 0 aliphatic heterocycles. The Morgan fingerprint density at radius 1 is 1.78 bits per heavy atom. The number of ether oxygens (including phenoxy) is 1. The van der Waals surface area contributed by atoms with Gasteiger partial charge in [-0.15, -0.1) is 0 Å². The molecule has 5 nitrogen and oxygen atoms in total. The van der Waals surface area contributed by atoms with Crippen LogP contribution in [0.4, 0.5) is 0 Å². The fourth-order valence-electron chi connectivity index (χ4n) is 0.274. The summed E-state index contributed by atoms with van der Waals surface area (Å²) in [5.74, 6) is 0. The molecule has 0 aromatic carbocycles. The van der Waals surface area contributed by atoms with Crippen molar-refractivity contribution in [3.63, 3.8) is 0 Å². The van der Waals surface area contributed by atoms with Gasteiger partial charge in [0.1, 0.15) is 0 Å². The Hall–Kier alpha value is -0.690. The van der Waals surface area contributed by atoms with Crippen LogP contribution in [0.5, 0.6) is 6.01 Å². The lowest BCUT2D eigenvalue weighted by molar-refractivity contribution is 0.528. The number of aromatic nitrogens is 4. The third-order valence-electron chi connectivity index (χ3n) is 0.505. The molecule has 0 aliphatic rings. The van der Waals surface area contributed by atoms with E-state index in [0.29, 0.717) is 0 Å². The number of rotatable bonds is 1. The Morgan fingerprint density at radius 3 is 3.00 bits per heavy atom. The van der Waals surface area contributed by atoms with Gasteiger partial charge in [0.2, 0.25) is 4.38 Å². The quantitative estimate of drug-likeness (QED) is 0.442. The van der Waals surface area contributed by atoms with Gasteiger partial charge in [-0.25, -0.2) is 0 Å². The third kappa shape index (κ3) is 1.94. The monoisotopic (exact) mass is 162 g/mol. The molecule has 1 rings (SSSR count). The van der Waals surface area contributed by atoms with Gasteiger partial charge in [-0.2, -0.15) is 5.21 Å². The van der Waals surface area contributed by atoms with Gasteiger partial charge in [0.05, 0.1) is 0 Å². The minimum Gasteiger partial charge on any atom is -0.404 e. The lowest BCUT2D eigenvalue weighted by Gasteiger charge is -1.89. The summed E-state index contributed by atoms with van der Waals surface area (Å²) in [7, 11) is 0. The second kappa shape index (κ2) is 2.74. The van der Waals surface area contributed by atoms with E-state index >= 15 is 0 Å². The summed E-state index contributed by atoms with van der Waals surface area (Å²) < 4.78 is 4.70. The molecule has 1 aromatic heterocycles. The van der Waals surface area contributed by atoms with Crippen LogP contribution >= 0.6 is 24.8 Å². The third-order valence-corrected chi connectivity index (χ3v) is 0.679. The lowest BCUT2D eigenvalue weighted by Crippen LogP contribution is -1.97. The maximum Gasteiger partial charge on any atom is 0.362 e. The van der Waals surface area contributed by atoms with Crippen molar-refractivity contribution in [2.24, 2.45) is 0 Å². The summed E-state index contributed by atoms with van der Waals surface area (Å²) in [4.78, 5) is 0. The molecule has 1 N–H and O–H groups in total. The van der Waals surface area contributed by atoms with Crippen molar-refractivity contribution in [1.29, 1.82) is 0 Å². The van der Waals surface area contributed by atoms with Crippen LogP contribution in [0.1, 0.15) is 0 Å². The van der Waals surface area contributed by atoms with Crippen LogP contribution in [0.3, 0.4) is 0 Å². The molecule has 0 aliphatic carbocycles. The van der Waals surface area contributed by atoms with Crippen molar-refractivity contribution in [3.8, 4) is 6.01 Å². The Morgan fingerprint density at radius 2 is 2.56 bits per heavy atom. The Labute approximate surface area is 61.2 Å². The van der Waals surface area contributed by atoms with Crippen LogP contribution < -0.4 is 4.74 Å². The fourth-order valence-corrected chi connectivity index (χ4v) is 0.430. The van der Waals surface area contributed by atoms with E-state index in [1.165, 1.54) is 0 Å². The highest BCUT2D eigenvalue weighted by Gasteiger charge is 1.97. The number of thiocarbonyl (C=S) groups is 1.